The molecular formula is C17H16NO3P. The minimum absolute atomic E-state index is 0.159. The second kappa shape index (κ2) is 7.17. The molecule has 2 aromatic rings. The first-order valence-electron chi connectivity index (χ1n) is 6.92. The van der Waals surface area contributed by atoms with E-state index in [0.29, 0.717) is 10.9 Å². The van der Waals surface area contributed by atoms with Gasteiger partial charge in [0, 0.05) is 10.9 Å². The molecule has 2 aromatic carbocycles. The Morgan fingerprint density at radius 3 is 2.18 bits per heavy atom. The van der Waals surface area contributed by atoms with Gasteiger partial charge in [-0.3, -0.25) is 9.36 Å². The van der Waals surface area contributed by atoms with Crippen LogP contribution in [0, 0.1) is 11.3 Å². The SMILES string of the molecule is CCO[P@](=O)(c1ccccc1)[C@H](C#N)C(=O)c1ccccc1. The van der Waals surface area contributed by atoms with Crippen molar-refractivity contribution < 1.29 is 13.9 Å². The monoisotopic (exact) mass is 313 g/mol. The van der Waals surface area contributed by atoms with E-state index in [0.717, 1.165) is 0 Å². The quantitative estimate of drug-likeness (QED) is 0.605. The lowest BCUT2D eigenvalue weighted by molar-refractivity contribution is 0.0996. The Morgan fingerprint density at radius 1 is 1.14 bits per heavy atom. The number of nitriles is 1. The van der Waals surface area contributed by atoms with Crippen LogP contribution in [-0.2, 0) is 9.09 Å². The summed E-state index contributed by atoms with van der Waals surface area (Å²) < 4.78 is 18.7. The van der Waals surface area contributed by atoms with Crippen LogP contribution in [0.1, 0.15) is 17.3 Å². The van der Waals surface area contributed by atoms with Gasteiger partial charge in [0.25, 0.3) is 7.37 Å². The van der Waals surface area contributed by atoms with Crippen LogP contribution in [-0.4, -0.2) is 18.0 Å². The van der Waals surface area contributed by atoms with Crippen LogP contribution in [0.4, 0.5) is 0 Å². The first-order chi connectivity index (χ1) is 10.6. The van der Waals surface area contributed by atoms with Crippen LogP contribution in [0.5, 0.6) is 0 Å². The average molecular weight is 313 g/mol. The smallest absolute Gasteiger partial charge is 0.256 e. The molecule has 0 bridgehead atoms. The predicted molar refractivity (Wildman–Crippen MR) is 85.5 cm³/mol. The standard InChI is InChI=1S/C17H16NO3P/c1-2-21-22(20,15-11-7-4-8-12-15)16(13-18)17(19)14-9-5-3-6-10-14/h3-12,16H,2H2,1H3/t16-,22-/m1/s1. The lowest BCUT2D eigenvalue weighted by atomic mass is 10.1. The summed E-state index contributed by atoms with van der Waals surface area (Å²) in [6.45, 7) is 1.85. The molecule has 0 radical (unpaired) electrons. The summed E-state index contributed by atoms with van der Waals surface area (Å²) in [5.74, 6) is -0.483. The summed E-state index contributed by atoms with van der Waals surface area (Å²) in [6.07, 6.45) is 0. The van der Waals surface area contributed by atoms with Crippen LogP contribution >= 0.6 is 7.37 Å². The molecule has 0 saturated carbocycles. The second-order valence-corrected chi connectivity index (χ2v) is 7.10. The van der Waals surface area contributed by atoms with Crippen molar-refractivity contribution in [1.29, 1.82) is 5.26 Å². The highest BCUT2D eigenvalue weighted by atomic mass is 31.2. The van der Waals surface area contributed by atoms with E-state index in [9.17, 15) is 14.6 Å². The molecule has 0 heterocycles. The van der Waals surface area contributed by atoms with Crippen LogP contribution in [0.3, 0.4) is 0 Å². The third-order valence-electron chi connectivity index (χ3n) is 3.21. The molecule has 2 rings (SSSR count). The van der Waals surface area contributed by atoms with E-state index in [1.165, 1.54) is 0 Å². The molecular weight excluding hydrogens is 297 g/mol. The zero-order valence-electron chi connectivity index (χ0n) is 12.2. The van der Waals surface area contributed by atoms with Crippen molar-refractivity contribution in [2.24, 2.45) is 0 Å². The Balaban J connectivity index is 2.48. The van der Waals surface area contributed by atoms with E-state index >= 15 is 0 Å². The highest BCUT2D eigenvalue weighted by molar-refractivity contribution is 7.69. The van der Waals surface area contributed by atoms with E-state index in [1.54, 1.807) is 67.6 Å². The Morgan fingerprint density at radius 2 is 1.68 bits per heavy atom. The molecule has 0 aliphatic rings. The van der Waals surface area contributed by atoms with Crippen LogP contribution in [0.2, 0.25) is 0 Å². The first kappa shape index (κ1) is 16.2. The van der Waals surface area contributed by atoms with E-state index in [1.807, 2.05) is 6.07 Å². The Kier molecular flexibility index (Phi) is 5.27. The molecule has 0 aliphatic carbocycles. The number of hydrogen-bond donors (Lipinski definition) is 0. The molecule has 0 aromatic heterocycles. The fourth-order valence-electron chi connectivity index (χ4n) is 2.17. The molecule has 0 amide bonds. The van der Waals surface area contributed by atoms with Crippen molar-refractivity contribution >= 4 is 18.5 Å². The third kappa shape index (κ3) is 3.17. The van der Waals surface area contributed by atoms with Crippen molar-refractivity contribution in [2.45, 2.75) is 12.6 Å². The van der Waals surface area contributed by atoms with Gasteiger partial charge in [0.1, 0.15) is 0 Å². The Hall–Kier alpha value is -2.21. The van der Waals surface area contributed by atoms with Gasteiger partial charge in [0.05, 0.1) is 12.7 Å². The molecule has 22 heavy (non-hydrogen) atoms. The number of nitrogens with zero attached hydrogens (tertiary/aromatic N) is 1. The predicted octanol–water partition coefficient (Wildman–Crippen LogP) is 3.40. The molecule has 4 nitrogen and oxygen atoms in total. The molecule has 0 spiro atoms. The minimum Gasteiger partial charge on any atom is -0.324 e. The zero-order chi connectivity index (χ0) is 16.0. The van der Waals surface area contributed by atoms with Gasteiger partial charge >= 0.3 is 0 Å². The van der Waals surface area contributed by atoms with E-state index in [2.05, 4.69) is 0 Å². The second-order valence-electron chi connectivity index (χ2n) is 4.61. The minimum atomic E-state index is -3.61. The fraction of sp³-hybridized carbons (Fsp3) is 0.176. The molecule has 0 N–H and O–H groups in total. The summed E-state index contributed by atoms with van der Waals surface area (Å²) in [4.78, 5) is 12.6. The summed E-state index contributed by atoms with van der Waals surface area (Å²) >= 11 is 0. The van der Waals surface area contributed by atoms with Crippen LogP contribution in [0.15, 0.2) is 60.7 Å². The Labute approximate surface area is 129 Å². The van der Waals surface area contributed by atoms with Gasteiger partial charge in [0.15, 0.2) is 11.4 Å². The summed E-state index contributed by atoms with van der Waals surface area (Å²) in [7, 11) is -3.61. The van der Waals surface area contributed by atoms with Gasteiger partial charge in [-0.1, -0.05) is 48.5 Å². The topological polar surface area (TPSA) is 67.2 Å². The molecule has 2 atom stereocenters. The van der Waals surface area contributed by atoms with Crippen molar-refractivity contribution in [3.05, 3.63) is 66.2 Å². The highest BCUT2D eigenvalue weighted by Crippen LogP contribution is 2.51. The van der Waals surface area contributed by atoms with Gasteiger partial charge in [-0.2, -0.15) is 5.26 Å². The van der Waals surface area contributed by atoms with Crippen molar-refractivity contribution in [1.82, 2.24) is 0 Å². The maximum absolute atomic E-state index is 13.3. The molecule has 0 fully saturated rings. The molecule has 5 heteroatoms. The number of carbonyl (C=O) groups is 1. The number of benzene rings is 2. The van der Waals surface area contributed by atoms with Crippen molar-refractivity contribution in [3.8, 4) is 6.07 Å². The third-order valence-corrected chi connectivity index (χ3v) is 5.90. The van der Waals surface area contributed by atoms with E-state index < -0.39 is 18.8 Å². The summed E-state index contributed by atoms with van der Waals surface area (Å²) in [5, 5.41) is 9.84. The highest BCUT2D eigenvalue weighted by Gasteiger charge is 2.41. The normalized spacial score (nSPS) is 14.5. The number of hydrogen-bond acceptors (Lipinski definition) is 4. The van der Waals surface area contributed by atoms with Gasteiger partial charge in [0.2, 0.25) is 0 Å². The van der Waals surface area contributed by atoms with Crippen molar-refractivity contribution in [2.75, 3.05) is 6.61 Å². The van der Waals surface area contributed by atoms with Crippen LogP contribution < -0.4 is 5.30 Å². The average Bonchev–Trinajstić information content (AvgIpc) is 2.57. The van der Waals surface area contributed by atoms with Gasteiger partial charge in [-0.25, -0.2) is 0 Å². The zero-order valence-corrected chi connectivity index (χ0v) is 13.1. The first-order valence-corrected chi connectivity index (χ1v) is 8.61. The summed E-state index contributed by atoms with van der Waals surface area (Å²) in [5.41, 5.74) is -0.998. The number of carbonyl (C=O) groups excluding carboxylic acids is 1. The lowest BCUT2D eigenvalue weighted by Crippen LogP contribution is -2.26. The van der Waals surface area contributed by atoms with E-state index in [4.69, 9.17) is 4.52 Å². The maximum Gasteiger partial charge on any atom is 0.256 e. The number of Topliss-reactive ketones (excluding diaryl/α,β-unsaturated/α-hetero) is 1. The molecule has 112 valence electrons. The molecule has 0 unspecified atom stereocenters. The Bertz CT molecular complexity index is 723. The molecule has 0 aliphatic heterocycles. The number of rotatable bonds is 6. The van der Waals surface area contributed by atoms with E-state index in [-0.39, 0.29) is 6.61 Å². The number of ketones is 1. The van der Waals surface area contributed by atoms with Gasteiger partial charge in [-0.05, 0) is 19.1 Å². The van der Waals surface area contributed by atoms with Crippen LogP contribution in [0.25, 0.3) is 0 Å². The molecule has 0 saturated heterocycles. The largest absolute Gasteiger partial charge is 0.324 e. The lowest BCUT2D eigenvalue weighted by Gasteiger charge is -2.22. The maximum atomic E-state index is 13.3. The van der Waals surface area contributed by atoms with Gasteiger partial charge < -0.3 is 4.52 Å². The van der Waals surface area contributed by atoms with Gasteiger partial charge in [-0.15, -0.1) is 0 Å². The summed E-state index contributed by atoms with van der Waals surface area (Å²) in [6, 6.07) is 18.7. The van der Waals surface area contributed by atoms with Crippen molar-refractivity contribution in [3.63, 3.8) is 0 Å². The fourth-order valence-corrected chi connectivity index (χ4v) is 4.35.